The van der Waals surface area contributed by atoms with Crippen LogP contribution in [0.4, 0.5) is 0 Å². The van der Waals surface area contributed by atoms with Gasteiger partial charge in [0.15, 0.2) is 0 Å². The molecule has 0 bridgehead atoms. The van der Waals surface area contributed by atoms with E-state index in [1.807, 2.05) is 20.8 Å². The summed E-state index contributed by atoms with van der Waals surface area (Å²) in [5, 5.41) is 12.9. The molecule has 0 spiro atoms. The van der Waals surface area contributed by atoms with Crippen molar-refractivity contribution in [3.8, 4) is 5.88 Å². The van der Waals surface area contributed by atoms with Crippen LogP contribution in [0.1, 0.15) is 26.3 Å². The van der Waals surface area contributed by atoms with Crippen molar-refractivity contribution in [2.24, 2.45) is 10.2 Å². The lowest BCUT2D eigenvalue weighted by atomic mass is 10.1. The average molecular weight is 234 g/mol. The van der Waals surface area contributed by atoms with E-state index in [9.17, 15) is 4.79 Å². The van der Waals surface area contributed by atoms with Gasteiger partial charge in [0.25, 0.3) is 5.56 Å². The number of hydrogen-bond acceptors (Lipinski definition) is 4. The molecular formula is C11H14N4O2. The summed E-state index contributed by atoms with van der Waals surface area (Å²) in [6, 6.07) is 0. The number of ether oxygens (including phenoxy) is 1. The summed E-state index contributed by atoms with van der Waals surface area (Å²) < 4.78 is 5.50. The van der Waals surface area contributed by atoms with E-state index in [0.717, 1.165) is 11.3 Å². The molecular weight excluding hydrogens is 220 g/mol. The van der Waals surface area contributed by atoms with Crippen LogP contribution in [0.2, 0.25) is 0 Å². The van der Waals surface area contributed by atoms with Crippen molar-refractivity contribution >= 4 is 18.0 Å². The van der Waals surface area contributed by atoms with Gasteiger partial charge in [0.2, 0.25) is 5.88 Å². The van der Waals surface area contributed by atoms with E-state index in [1.54, 1.807) is 12.3 Å². The van der Waals surface area contributed by atoms with Crippen molar-refractivity contribution in [3.05, 3.63) is 21.5 Å². The predicted octanol–water partition coefficient (Wildman–Crippen LogP) is 1.33. The minimum absolute atomic E-state index is 0.00870. The van der Waals surface area contributed by atoms with Crippen LogP contribution >= 0.6 is 0 Å². The van der Waals surface area contributed by atoms with Gasteiger partial charge < -0.3 is 4.74 Å². The third kappa shape index (κ3) is 2.35. The first-order valence-corrected chi connectivity index (χ1v) is 5.35. The molecule has 90 valence electrons. The molecule has 0 aromatic carbocycles. The highest BCUT2D eigenvalue weighted by atomic mass is 16.5. The van der Waals surface area contributed by atoms with Gasteiger partial charge in [0.1, 0.15) is 5.56 Å². The zero-order valence-electron chi connectivity index (χ0n) is 9.94. The predicted molar refractivity (Wildman–Crippen MR) is 66.8 cm³/mol. The van der Waals surface area contributed by atoms with Crippen LogP contribution in [0.15, 0.2) is 20.6 Å². The third-order valence-electron chi connectivity index (χ3n) is 2.25. The topological polar surface area (TPSA) is 82.6 Å². The molecule has 0 fully saturated rings. The minimum Gasteiger partial charge on any atom is -0.475 e. The standard InChI is InChI=1S/C11H14N4O2/c1-6(2)17-11-9(10(16)14-15-11)4-8-5-12-13-7(8)3/h4-6H,1-3H3,(H2,14,15,16)/b8-4+. The summed E-state index contributed by atoms with van der Waals surface area (Å²) in [4.78, 5) is 11.6. The fraction of sp³-hybridized carbons (Fsp3) is 0.364. The Balaban J connectivity index is 2.39. The first kappa shape index (κ1) is 11.4. The van der Waals surface area contributed by atoms with E-state index in [0.29, 0.717) is 11.4 Å². The summed E-state index contributed by atoms with van der Waals surface area (Å²) in [7, 11) is 0. The zero-order valence-corrected chi connectivity index (χ0v) is 9.94. The van der Waals surface area contributed by atoms with Crippen LogP contribution in [-0.4, -0.2) is 28.2 Å². The van der Waals surface area contributed by atoms with Gasteiger partial charge in [-0.05, 0) is 26.8 Å². The second-order valence-electron chi connectivity index (χ2n) is 4.02. The third-order valence-corrected chi connectivity index (χ3v) is 2.25. The van der Waals surface area contributed by atoms with Gasteiger partial charge in [-0.25, -0.2) is 0 Å². The van der Waals surface area contributed by atoms with E-state index < -0.39 is 0 Å². The van der Waals surface area contributed by atoms with Gasteiger partial charge in [-0.15, -0.1) is 0 Å². The Morgan fingerprint density at radius 3 is 2.76 bits per heavy atom. The zero-order chi connectivity index (χ0) is 12.4. The quantitative estimate of drug-likeness (QED) is 0.827. The Bertz CT molecular complexity index is 560. The first-order valence-electron chi connectivity index (χ1n) is 5.35. The fourth-order valence-electron chi connectivity index (χ4n) is 1.44. The lowest BCUT2D eigenvalue weighted by molar-refractivity contribution is 0.232. The second kappa shape index (κ2) is 4.40. The summed E-state index contributed by atoms with van der Waals surface area (Å²) in [6.07, 6.45) is 3.31. The smallest absolute Gasteiger partial charge is 0.275 e. The molecule has 17 heavy (non-hydrogen) atoms. The monoisotopic (exact) mass is 234 g/mol. The largest absolute Gasteiger partial charge is 0.475 e. The van der Waals surface area contributed by atoms with Crippen molar-refractivity contribution < 1.29 is 4.74 Å². The number of nitrogens with zero attached hydrogens (tertiary/aromatic N) is 2. The van der Waals surface area contributed by atoms with Crippen LogP contribution in [0, 0.1) is 0 Å². The van der Waals surface area contributed by atoms with Gasteiger partial charge in [0, 0.05) is 5.57 Å². The van der Waals surface area contributed by atoms with E-state index in [1.165, 1.54) is 0 Å². The maximum atomic E-state index is 11.6. The van der Waals surface area contributed by atoms with Crippen LogP contribution in [0.25, 0.3) is 6.08 Å². The minimum atomic E-state index is -0.221. The highest BCUT2D eigenvalue weighted by molar-refractivity contribution is 6.20. The molecule has 0 amide bonds. The molecule has 2 heterocycles. The van der Waals surface area contributed by atoms with Crippen LogP contribution in [0.5, 0.6) is 5.88 Å². The molecule has 2 N–H and O–H groups in total. The van der Waals surface area contributed by atoms with E-state index in [-0.39, 0.29) is 11.7 Å². The molecule has 0 unspecified atom stereocenters. The summed E-state index contributed by atoms with van der Waals surface area (Å²) in [5.41, 5.74) is 1.82. The highest BCUT2D eigenvalue weighted by Crippen LogP contribution is 2.17. The molecule has 0 atom stereocenters. The molecule has 2 rings (SSSR count). The number of nitrogens with one attached hydrogen (secondary N) is 2. The second-order valence-corrected chi connectivity index (χ2v) is 4.02. The Hall–Kier alpha value is -2.11. The van der Waals surface area contributed by atoms with Crippen molar-refractivity contribution in [1.29, 1.82) is 0 Å². The van der Waals surface area contributed by atoms with Gasteiger partial charge in [-0.2, -0.15) is 10.2 Å². The van der Waals surface area contributed by atoms with Gasteiger partial charge in [0.05, 0.1) is 18.0 Å². The van der Waals surface area contributed by atoms with Crippen LogP contribution < -0.4 is 10.3 Å². The molecule has 6 heteroatoms. The molecule has 1 aromatic heterocycles. The van der Waals surface area contributed by atoms with Crippen LogP contribution in [-0.2, 0) is 0 Å². The number of rotatable bonds is 3. The lowest BCUT2D eigenvalue weighted by Crippen LogP contribution is -2.09. The summed E-state index contributed by atoms with van der Waals surface area (Å²) in [5.74, 6) is 0.436. The molecule has 0 saturated heterocycles. The van der Waals surface area contributed by atoms with Crippen molar-refractivity contribution in [3.63, 3.8) is 0 Å². The van der Waals surface area contributed by atoms with E-state index in [2.05, 4.69) is 20.4 Å². The molecule has 0 saturated carbocycles. The first-order chi connectivity index (χ1) is 8.08. The Morgan fingerprint density at radius 2 is 2.18 bits per heavy atom. The van der Waals surface area contributed by atoms with Crippen molar-refractivity contribution in [1.82, 2.24) is 10.2 Å². The average Bonchev–Trinajstić information content (AvgIpc) is 2.79. The van der Waals surface area contributed by atoms with Crippen LogP contribution in [0.3, 0.4) is 0 Å². The number of allylic oxidation sites excluding steroid dienone is 1. The molecule has 1 aliphatic heterocycles. The SMILES string of the molecule is CC1=NN=C/C1=C\c1c(OC(C)C)[nH][nH]c1=O. The lowest BCUT2D eigenvalue weighted by Gasteiger charge is -2.07. The van der Waals surface area contributed by atoms with E-state index in [4.69, 9.17) is 4.74 Å². The fourth-order valence-corrected chi connectivity index (χ4v) is 1.44. The van der Waals surface area contributed by atoms with Gasteiger partial charge in [-0.3, -0.25) is 15.0 Å². The molecule has 1 aromatic rings. The number of H-pyrrole nitrogens is 2. The molecule has 0 radical (unpaired) electrons. The maximum Gasteiger partial charge on any atom is 0.275 e. The number of aromatic nitrogens is 2. The van der Waals surface area contributed by atoms with Crippen molar-refractivity contribution in [2.75, 3.05) is 0 Å². The summed E-state index contributed by atoms with van der Waals surface area (Å²) >= 11 is 0. The summed E-state index contributed by atoms with van der Waals surface area (Å²) in [6.45, 7) is 5.63. The normalized spacial score (nSPS) is 16.9. The Morgan fingerprint density at radius 1 is 1.41 bits per heavy atom. The van der Waals surface area contributed by atoms with Crippen molar-refractivity contribution in [2.45, 2.75) is 26.9 Å². The molecule has 0 aliphatic carbocycles. The van der Waals surface area contributed by atoms with E-state index >= 15 is 0 Å². The van der Waals surface area contributed by atoms with Gasteiger partial charge >= 0.3 is 0 Å². The number of hydrogen-bond donors (Lipinski definition) is 2. The number of aromatic amines is 2. The highest BCUT2D eigenvalue weighted by Gasteiger charge is 2.13. The maximum absolute atomic E-state index is 11.6. The van der Waals surface area contributed by atoms with Gasteiger partial charge in [-0.1, -0.05) is 0 Å². The molecule has 6 nitrogen and oxygen atoms in total. The molecule has 1 aliphatic rings. The Kier molecular flexibility index (Phi) is 2.95. The Labute approximate surface area is 98.1 Å².